The molecule has 22 heavy (non-hydrogen) atoms. The zero-order valence-electron chi connectivity index (χ0n) is 12.3. The van der Waals surface area contributed by atoms with E-state index in [1.807, 2.05) is 24.6 Å². The Balaban J connectivity index is 1.53. The number of rotatable bonds is 3. The fourth-order valence-corrected chi connectivity index (χ4v) is 3.37. The van der Waals surface area contributed by atoms with Gasteiger partial charge in [0.15, 0.2) is 0 Å². The molecule has 0 fully saturated rings. The molecule has 0 aromatic carbocycles. The molecular formula is C16H16N4OS. The third-order valence-corrected chi connectivity index (χ3v) is 4.67. The Bertz CT molecular complexity index is 781. The highest BCUT2D eigenvalue weighted by Crippen LogP contribution is 2.25. The van der Waals surface area contributed by atoms with Crippen molar-refractivity contribution in [3.63, 3.8) is 0 Å². The first-order valence-corrected chi connectivity index (χ1v) is 8.23. The summed E-state index contributed by atoms with van der Waals surface area (Å²) in [6.45, 7) is 4.62. The van der Waals surface area contributed by atoms with Gasteiger partial charge in [-0.3, -0.25) is 4.90 Å². The molecule has 4 heterocycles. The van der Waals surface area contributed by atoms with Gasteiger partial charge in [-0.25, -0.2) is 15.0 Å². The van der Waals surface area contributed by atoms with Crippen LogP contribution in [0.4, 0.5) is 0 Å². The Morgan fingerprint density at radius 1 is 1.41 bits per heavy atom. The topological polar surface area (TPSA) is 55.1 Å². The molecule has 1 aliphatic heterocycles. The van der Waals surface area contributed by atoms with Gasteiger partial charge in [-0.2, -0.15) is 11.3 Å². The molecule has 0 radical (unpaired) electrons. The Kier molecular flexibility index (Phi) is 3.48. The summed E-state index contributed by atoms with van der Waals surface area (Å²) in [5.41, 5.74) is 4.45. The maximum atomic E-state index is 5.81. The van der Waals surface area contributed by atoms with Gasteiger partial charge in [0.05, 0.1) is 11.4 Å². The molecule has 3 aromatic heterocycles. The number of oxazole rings is 1. The van der Waals surface area contributed by atoms with Crippen molar-refractivity contribution in [2.75, 3.05) is 6.54 Å². The van der Waals surface area contributed by atoms with E-state index in [1.165, 1.54) is 5.56 Å². The third kappa shape index (κ3) is 2.55. The van der Waals surface area contributed by atoms with E-state index in [1.54, 1.807) is 17.7 Å². The van der Waals surface area contributed by atoms with E-state index in [0.717, 1.165) is 48.8 Å². The van der Waals surface area contributed by atoms with E-state index < -0.39 is 0 Å². The molecule has 6 heteroatoms. The summed E-state index contributed by atoms with van der Waals surface area (Å²) in [5.74, 6) is 1.61. The van der Waals surface area contributed by atoms with Crippen LogP contribution < -0.4 is 0 Å². The normalized spacial score (nSPS) is 15.0. The minimum Gasteiger partial charge on any atom is -0.441 e. The molecule has 0 aliphatic carbocycles. The van der Waals surface area contributed by atoms with E-state index in [9.17, 15) is 0 Å². The quantitative estimate of drug-likeness (QED) is 0.744. The highest BCUT2D eigenvalue weighted by molar-refractivity contribution is 7.08. The number of nitrogens with zero attached hydrogens (tertiary/aromatic N) is 4. The molecule has 0 saturated heterocycles. The minimum absolute atomic E-state index is 0.716. The first-order valence-electron chi connectivity index (χ1n) is 7.28. The molecule has 4 rings (SSSR count). The maximum Gasteiger partial charge on any atom is 0.227 e. The number of aromatic nitrogens is 3. The zero-order valence-corrected chi connectivity index (χ0v) is 13.1. The second kappa shape index (κ2) is 5.62. The number of fused-ring (bicyclic) bond motifs is 1. The first kappa shape index (κ1) is 13.6. The Labute approximate surface area is 132 Å². The number of aryl methyl sites for hydroxylation is 1. The summed E-state index contributed by atoms with van der Waals surface area (Å²) in [6, 6.07) is 2.04. The molecule has 5 nitrogen and oxygen atoms in total. The van der Waals surface area contributed by atoms with E-state index in [0.29, 0.717) is 5.89 Å². The van der Waals surface area contributed by atoms with Crippen molar-refractivity contribution in [3.8, 4) is 11.5 Å². The second-order valence-corrected chi connectivity index (χ2v) is 6.27. The maximum absolute atomic E-state index is 5.81. The fraction of sp³-hybridized carbons (Fsp3) is 0.312. The summed E-state index contributed by atoms with van der Waals surface area (Å²) in [7, 11) is 0. The molecule has 3 aromatic rings. The smallest absolute Gasteiger partial charge is 0.227 e. The van der Waals surface area contributed by atoms with Crippen molar-refractivity contribution < 1.29 is 4.42 Å². The molecular weight excluding hydrogens is 296 g/mol. The highest BCUT2D eigenvalue weighted by Gasteiger charge is 2.20. The molecule has 1 aliphatic rings. The summed E-state index contributed by atoms with van der Waals surface area (Å²) < 4.78 is 5.81. The van der Waals surface area contributed by atoms with E-state index in [4.69, 9.17) is 4.42 Å². The van der Waals surface area contributed by atoms with Gasteiger partial charge in [0.2, 0.25) is 5.89 Å². The predicted octanol–water partition coefficient (Wildman–Crippen LogP) is 3.06. The molecule has 0 amide bonds. The number of hydrogen-bond donors (Lipinski definition) is 0. The van der Waals surface area contributed by atoms with Crippen LogP contribution in [0.3, 0.4) is 0 Å². The summed E-state index contributed by atoms with van der Waals surface area (Å²) >= 11 is 1.65. The fourth-order valence-electron chi connectivity index (χ4n) is 2.74. The molecule has 0 bridgehead atoms. The molecule has 112 valence electrons. The van der Waals surface area contributed by atoms with Crippen LogP contribution in [0.1, 0.15) is 22.7 Å². The van der Waals surface area contributed by atoms with Crippen molar-refractivity contribution in [1.82, 2.24) is 19.9 Å². The van der Waals surface area contributed by atoms with Gasteiger partial charge in [-0.05, 0) is 30.4 Å². The number of thiophene rings is 1. The third-order valence-electron chi connectivity index (χ3n) is 3.99. The molecule has 0 atom stereocenters. The summed E-state index contributed by atoms with van der Waals surface area (Å²) in [5, 5.41) is 4.10. The summed E-state index contributed by atoms with van der Waals surface area (Å²) in [4.78, 5) is 15.5. The van der Waals surface area contributed by atoms with Crippen LogP contribution >= 0.6 is 11.3 Å². The monoisotopic (exact) mass is 312 g/mol. The molecule has 0 spiro atoms. The van der Waals surface area contributed by atoms with Gasteiger partial charge in [0.1, 0.15) is 12.1 Å². The van der Waals surface area contributed by atoms with Crippen LogP contribution in [0.15, 0.2) is 33.8 Å². The summed E-state index contributed by atoms with van der Waals surface area (Å²) in [6.07, 6.45) is 4.54. The van der Waals surface area contributed by atoms with Crippen LogP contribution in [0, 0.1) is 6.92 Å². The predicted molar refractivity (Wildman–Crippen MR) is 84.4 cm³/mol. The lowest BCUT2D eigenvalue weighted by Gasteiger charge is -2.26. The Morgan fingerprint density at radius 3 is 3.23 bits per heavy atom. The van der Waals surface area contributed by atoms with Gasteiger partial charge in [-0.1, -0.05) is 0 Å². The molecule has 0 N–H and O–H groups in total. The number of hydrogen-bond acceptors (Lipinski definition) is 6. The van der Waals surface area contributed by atoms with Crippen LogP contribution in [0.25, 0.3) is 11.5 Å². The Morgan fingerprint density at radius 2 is 2.36 bits per heavy atom. The van der Waals surface area contributed by atoms with E-state index in [-0.39, 0.29) is 0 Å². The van der Waals surface area contributed by atoms with Gasteiger partial charge in [-0.15, -0.1) is 0 Å². The van der Waals surface area contributed by atoms with Gasteiger partial charge < -0.3 is 4.42 Å². The lowest BCUT2D eigenvalue weighted by molar-refractivity contribution is 0.237. The van der Waals surface area contributed by atoms with E-state index in [2.05, 4.69) is 25.2 Å². The van der Waals surface area contributed by atoms with Crippen LogP contribution in [0.2, 0.25) is 0 Å². The SMILES string of the molecule is Cc1oc(-c2ccsc2)nc1CN1CCc2cncnc2C1. The largest absolute Gasteiger partial charge is 0.441 e. The van der Waals surface area contributed by atoms with Crippen molar-refractivity contribution in [2.45, 2.75) is 26.4 Å². The average Bonchev–Trinajstić information content (AvgIpc) is 3.18. The van der Waals surface area contributed by atoms with Crippen molar-refractivity contribution >= 4 is 11.3 Å². The highest BCUT2D eigenvalue weighted by atomic mass is 32.1. The van der Waals surface area contributed by atoms with Gasteiger partial charge >= 0.3 is 0 Å². The second-order valence-electron chi connectivity index (χ2n) is 5.49. The standard InChI is InChI=1S/C16H16N4OS/c1-11-14(19-16(21-11)13-3-5-22-9-13)7-20-4-2-12-6-17-10-18-15(12)8-20/h3,5-6,9-10H,2,4,7-8H2,1H3. The molecule has 0 saturated carbocycles. The lowest BCUT2D eigenvalue weighted by atomic mass is 10.1. The molecule has 0 unspecified atom stereocenters. The Hall–Kier alpha value is -2.05. The lowest BCUT2D eigenvalue weighted by Crippen LogP contribution is -2.31. The minimum atomic E-state index is 0.716. The average molecular weight is 312 g/mol. The van der Waals surface area contributed by atoms with Gasteiger partial charge in [0, 0.05) is 36.8 Å². The van der Waals surface area contributed by atoms with E-state index >= 15 is 0 Å². The van der Waals surface area contributed by atoms with Crippen molar-refractivity contribution in [1.29, 1.82) is 0 Å². The van der Waals surface area contributed by atoms with Gasteiger partial charge in [0.25, 0.3) is 0 Å². The van der Waals surface area contributed by atoms with Crippen molar-refractivity contribution in [3.05, 3.63) is 52.1 Å². The van der Waals surface area contributed by atoms with Crippen molar-refractivity contribution in [2.24, 2.45) is 0 Å². The van der Waals surface area contributed by atoms with Crippen LogP contribution in [-0.4, -0.2) is 26.4 Å². The van der Waals surface area contributed by atoms with Crippen LogP contribution in [0.5, 0.6) is 0 Å². The van der Waals surface area contributed by atoms with Crippen LogP contribution in [-0.2, 0) is 19.5 Å². The first-order chi connectivity index (χ1) is 10.8. The zero-order chi connectivity index (χ0) is 14.9.